The maximum absolute atomic E-state index is 5.23. The van der Waals surface area contributed by atoms with E-state index in [1.165, 1.54) is 5.56 Å². The van der Waals surface area contributed by atoms with E-state index in [-0.39, 0.29) is 0 Å². The predicted octanol–water partition coefficient (Wildman–Crippen LogP) is 2.68. The van der Waals surface area contributed by atoms with Crippen molar-refractivity contribution < 1.29 is 4.74 Å². The van der Waals surface area contributed by atoms with Crippen LogP contribution in [0.25, 0.3) is 0 Å². The number of benzene rings is 1. The molecule has 5 nitrogen and oxygen atoms in total. The Morgan fingerprint density at radius 3 is 2.67 bits per heavy atom. The molecule has 1 aliphatic heterocycles. The first-order chi connectivity index (χ1) is 10.3. The quantitative estimate of drug-likeness (QED) is 0.892. The number of nitrogens with zero attached hydrogens (tertiary/aromatic N) is 2. The Morgan fingerprint density at radius 1 is 1.14 bits per heavy atom. The minimum absolute atomic E-state index is 0.412. The van der Waals surface area contributed by atoms with Gasteiger partial charge in [0.25, 0.3) is 0 Å². The second kappa shape index (κ2) is 6.41. The molecule has 0 fully saturated rings. The third-order valence-corrected chi connectivity index (χ3v) is 3.98. The zero-order valence-electron chi connectivity index (χ0n) is 11.8. The minimum Gasteiger partial charge on any atom is -0.467 e. The summed E-state index contributed by atoms with van der Waals surface area (Å²) in [5.74, 6) is 0.836. The molecule has 2 aromatic rings. The molecule has 0 saturated carbocycles. The average molecular weight is 349 g/mol. The number of methoxy groups -OCH3 is 1. The normalized spacial score (nSPS) is 14.2. The van der Waals surface area contributed by atoms with Crippen molar-refractivity contribution in [3.8, 4) is 6.01 Å². The lowest BCUT2D eigenvalue weighted by molar-refractivity contribution is 0.378. The van der Waals surface area contributed by atoms with Gasteiger partial charge in [0.2, 0.25) is 0 Å². The summed E-state index contributed by atoms with van der Waals surface area (Å²) in [6.07, 6.45) is 1.81. The second-order valence-corrected chi connectivity index (χ2v) is 5.78. The Hall–Kier alpha value is -1.66. The number of fused-ring (bicyclic) bond motifs is 1. The van der Waals surface area contributed by atoms with E-state index in [2.05, 4.69) is 36.5 Å². The number of nitrogens with one attached hydrogen (secondary N) is 2. The van der Waals surface area contributed by atoms with Gasteiger partial charge in [0.1, 0.15) is 5.82 Å². The van der Waals surface area contributed by atoms with E-state index in [0.717, 1.165) is 47.6 Å². The fraction of sp³-hybridized carbons (Fsp3) is 0.333. The lowest BCUT2D eigenvalue weighted by atomic mass is 10.1. The van der Waals surface area contributed by atoms with Crippen molar-refractivity contribution in [1.29, 1.82) is 0 Å². The summed E-state index contributed by atoms with van der Waals surface area (Å²) < 4.78 is 6.28. The van der Waals surface area contributed by atoms with Gasteiger partial charge in [-0.3, -0.25) is 0 Å². The highest BCUT2D eigenvalue weighted by molar-refractivity contribution is 9.10. The van der Waals surface area contributed by atoms with Crippen molar-refractivity contribution in [1.82, 2.24) is 15.3 Å². The zero-order valence-corrected chi connectivity index (χ0v) is 13.4. The summed E-state index contributed by atoms with van der Waals surface area (Å²) in [6.45, 7) is 1.88. The lowest BCUT2D eigenvalue weighted by Gasteiger charge is -2.14. The van der Waals surface area contributed by atoms with Crippen molar-refractivity contribution in [2.24, 2.45) is 0 Å². The Kier molecular flexibility index (Phi) is 4.36. The predicted molar refractivity (Wildman–Crippen MR) is 86.3 cm³/mol. The molecule has 1 aromatic carbocycles. The van der Waals surface area contributed by atoms with Crippen molar-refractivity contribution in [2.75, 3.05) is 25.5 Å². The molecule has 0 atom stereocenters. The van der Waals surface area contributed by atoms with Crippen LogP contribution in [0.1, 0.15) is 11.3 Å². The van der Waals surface area contributed by atoms with Crippen molar-refractivity contribution in [3.05, 3.63) is 40.0 Å². The summed E-state index contributed by atoms with van der Waals surface area (Å²) in [5, 5.41) is 6.77. The van der Waals surface area contributed by atoms with E-state index < -0.39 is 0 Å². The van der Waals surface area contributed by atoms with Crippen LogP contribution in [0.4, 0.5) is 11.5 Å². The van der Waals surface area contributed by atoms with Gasteiger partial charge in [-0.2, -0.15) is 9.97 Å². The molecule has 1 aliphatic rings. The Balaban J connectivity index is 1.97. The molecule has 0 amide bonds. The lowest BCUT2D eigenvalue weighted by Crippen LogP contribution is -2.16. The van der Waals surface area contributed by atoms with Crippen LogP contribution in [0.15, 0.2) is 28.7 Å². The van der Waals surface area contributed by atoms with Crippen molar-refractivity contribution >= 4 is 27.4 Å². The van der Waals surface area contributed by atoms with Gasteiger partial charge in [0, 0.05) is 28.7 Å². The van der Waals surface area contributed by atoms with Crippen LogP contribution in [0.5, 0.6) is 6.01 Å². The third kappa shape index (κ3) is 3.33. The van der Waals surface area contributed by atoms with E-state index in [9.17, 15) is 0 Å². The molecule has 1 aromatic heterocycles. The number of hydrogen-bond acceptors (Lipinski definition) is 5. The largest absolute Gasteiger partial charge is 0.467 e. The number of rotatable bonds is 3. The molecule has 110 valence electrons. The number of anilines is 2. The SMILES string of the molecule is COc1nc2c(c(Nc3ccc(Br)cc3)n1)CCNCC2. The van der Waals surface area contributed by atoms with E-state index in [4.69, 9.17) is 4.74 Å². The first-order valence-electron chi connectivity index (χ1n) is 6.93. The molecule has 0 bridgehead atoms. The molecule has 2 N–H and O–H groups in total. The van der Waals surface area contributed by atoms with Gasteiger partial charge < -0.3 is 15.4 Å². The smallest absolute Gasteiger partial charge is 0.318 e. The molecule has 2 heterocycles. The molecule has 0 aliphatic carbocycles. The number of ether oxygens (including phenoxy) is 1. The highest BCUT2D eigenvalue weighted by Gasteiger charge is 2.17. The first-order valence-corrected chi connectivity index (χ1v) is 7.72. The topological polar surface area (TPSA) is 59.1 Å². The van der Waals surface area contributed by atoms with E-state index in [1.807, 2.05) is 24.3 Å². The molecule has 0 saturated heterocycles. The maximum atomic E-state index is 5.23. The number of aromatic nitrogens is 2. The molecule has 3 rings (SSSR count). The van der Waals surface area contributed by atoms with Crippen LogP contribution >= 0.6 is 15.9 Å². The van der Waals surface area contributed by atoms with Gasteiger partial charge in [-0.05, 0) is 37.2 Å². The summed E-state index contributed by atoms with van der Waals surface area (Å²) in [5.41, 5.74) is 3.23. The van der Waals surface area contributed by atoms with Crippen molar-refractivity contribution in [2.45, 2.75) is 12.8 Å². The van der Waals surface area contributed by atoms with E-state index in [1.54, 1.807) is 7.11 Å². The maximum Gasteiger partial charge on any atom is 0.318 e. The highest BCUT2D eigenvalue weighted by Crippen LogP contribution is 2.26. The Morgan fingerprint density at radius 2 is 1.90 bits per heavy atom. The fourth-order valence-electron chi connectivity index (χ4n) is 2.39. The molecular formula is C15H17BrN4O. The third-order valence-electron chi connectivity index (χ3n) is 3.45. The summed E-state index contributed by atoms with van der Waals surface area (Å²) >= 11 is 3.44. The minimum atomic E-state index is 0.412. The van der Waals surface area contributed by atoms with Gasteiger partial charge in [-0.15, -0.1) is 0 Å². The molecule has 21 heavy (non-hydrogen) atoms. The Labute approximate surface area is 132 Å². The average Bonchev–Trinajstić information content (AvgIpc) is 2.75. The van der Waals surface area contributed by atoms with Crippen LogP contribution in [0.2, 0.25) is 0 Å². The fourth-order valence-corrected chi connectivity index (χ4v) is 2.65. The zero-order chi connectivity index (χ0) is 14.7. The van der Waals surface area contributed by atoms with Crippen LogP contribution in [0.3, 0.4) is 0 Å². The molecule has 0 radical (unpaired) electrons. The van der Waals surface area contributed by atoms with Crippen LogP contribution < -0.4 is 15.4 Å². The molecular weight excluding hydrogens is 332 g/mol. The van der Waals surface area contributed by atoms with Crippen LogP contribution in [-0.2, 0) is 12.8 Å². The van der Waals surface area contributed by atoms with Gasteiger partial charge in [0.15, 0.2) is 0 Å². The summed E-state index contributed by atoms with van der Waals surface area (Å²) in [7, 11) is 1.60. The summed E-state index contributed by atoms with van der Waals surface area (Å²) in [4.78, 5) is 8.97. The van der Waals surface area contributed by atoms with Gasteiger partial charge >= 0.3 is 6.01 Å². The Bertz CT molecular complexity index is 630. The second-order valence-electron chi connectivity index (χ2n) is 4.87. The van der Waals surface area contributed by atoms with E-state index in [0.29, 0.717) is 6.01 Å². The number of halogens is 1. The van der Waals surface area contributed by atoms with Crippen molar-refractivity contribution in [3.63, 3.8) is 0 Å². The molecule has 0 unspecified atom stereocenters. The monoisotopic (exact) mass is 348 g/mol. The van der Waals surface area contributed by atoms with Gasteiger partial charge in [-0.1, -0.05) is 15.9 Å². The van der Waals surface area contributed by atoms with Crippen LogP contribution in [-0.4, -0.2) is 30.2 Å². The van der Waals surface area contributed by atoms with Gasteiger partial charge in [-0.25, -0.2) is 0 Å². The highest BCUT2D eigenvalue weighted by atomic mass is 79.9. The molecule has 0 spiro atoms. The number of hydrogen-bond donors (Lipinski definition) is 2. The first kappa shape index (κ1) is 14.3. The van der Waals surface area contributed by atoms with E-state index >= 15 is 0 Å². The standard InChI is InChI=1S/C15H17BrN4O/c1-21-15-19-13-7-9-17-8-6-12(13)14(20-15)18-11-4-2-10(16)3-5-11/h2-5,17H,6-9H2,1H3,(H,18,19,20). The van der Waals surface area contributed by atoms with Crippen LogP contribution in [0, 0.1) is 0 Å². The molecule has 6 heteroatoms. The van der Waals surface area contributed by atoms with Gasteiger partial charge in [0.05, 0.1) is 12.8 Å². The summed E-state index contributed by atoms with van der Waals surface area (Å²) in [6, 6.07) is 8.44.